The Bertz CT molecular complexity index is 1870. The first-order chi connectivity index (χ1) is 21.5. The van der Waals surface area contributed by atoms with E-state index in [4.69, 9.17) is 0 Å². The first-order valence-corrected chi connectivity index (χ1v) is 16.8. The molecule has 5 heterocycles. The minimum absolute atomic E-state index is 0.0404. The number of likely N-dealkylation sites (tertiary alicyclic amines) is 1. The molecule has 1 N–H and O–H groups in total. The second-order valence-electron chi connectivity index (χ2n) is 13.6. The van der Waals surface area contributed by atoms with Crippen LogP contribution in [-0.2, 0) is 32.7 Å². The van der Waals surface area contributed by atoms with Crippen LogP contribution in [0.25, 0.3) is 11.1 Å². The molecule has 4 aromatic rings. The molecule has 0 radical (unpaired) electrons. The molecule has 1 fully saturated rings. The number of carbonyl (C=O) groups is 1. The van der Waals surface area contributed by atoms with Gasteiger partial charge in [0.15, 0.2) is 0 Å². The molecule has 1 aromatic carbocycles. The van der Waals surface area contributed by atoms with Gasteiger partial charge in [0, 0.05) is 55.4 Å². The molecule has 9 heteroatoms. The molecule has 7 nitrogen and oxygen atoms in total. The van der Waals surface area contributed by atoms with Crippen LogP contribution in [0.3, 0.4) is 0 Å². The fraction of sp³-hybridized carbons (Fsp3) is 0.417. The summed E-state index contributed by atoms with van der Waals surface area (Å²) < 4.78 is 16.9. The summed E-state index contributed by atoms with van der Waals surface area (Å²) in [5, 5.41) is 3.21. The van der Waals surface area contributed by atoms with E-state index in [2.05, 4.69) is 42.0 Å². The number of nitrogens with one attached hydrogen (secondary N) is 1. The number of rotatable bonds is 7. The molecule has 2 aliphatic heterocycles. The third-order valence-corrected chi connectivity index (χ3v) is 11.0. The Labute approximate surface area is 267 Å². The van der Waals surface area contributed by atoms with E-state index in [1.807, 2.05) is 19.2 Å². The third kappa shape index (κ3) is 5.29. The lowest BCUT2D eigenvalue weighted by atomic mass is 9.89. The number of carbonyl (C=O) groups excluding carboxylic acids is 1. The molecule has 3 aromatic heterocycles. The summed E-state index contributed by atoms with van der Waals surface area (Å²) in [6, 6.07) is 8.75. The van der Waals surface area contributed by atoms with Crippen molar-refractivity contribution in [2.45, 2.75) is 59.3 Å². The molecular formula is C36H40FN5O2S. The summed E-state index contributed by atoms with van der Waals surface area (Å²) in [4.78, 5) is 38.0. The van der Waals surface area contributed by atoms with Crippen LogP contribution >= 0.6 is 11.3 Å². The molecule has 3 aliphatic rings. The molecule has 0 unspecified atom stereocenters. The monoisotopic (exact) mass is 625 g/mol. The van der Waals surface area contributed by atoms with E-state index in [0.29, 0.717) is 47.2 Å². The maximum Gasteiger partial charge on any atom is 0.274 e. The van der Waals surface area contributed by atoms with Crippen LogP contribution in [-0.4, -0.2) is 46.5 Å². The number of nitrogens with zero attached hydrogens (tertiary/aromatic N) is 4. The van der Waals surface area contributed by atoms with Gasteiger partial charge in [-0.05, 0) is 89.7 Å². The van der Waals surface area contributed by atoms with Gasteiger partial charge in [-0.15, -0.1) is 11.3 Å². The van der Waals surface area contributed by atoms with Gasteiger partial charge in [0.2, 0.25) is 0 Å². The first-order valence-electron chi connectivity index (χ1n) is 16.0. The normalized spacial score (nSPS) is 17.7. The molecule has 0 spiro atoms. The lowest BCUT2D eigenvalue weighted by molar-refractivity contribution is 0.0984. The largest absolute Gasteiger partial charge is 0.336 e. The van der Waals surface area contributed by atoms with E-state index in [0.717, 1.165) is 49.3 Å². The van der Waals surface area contributed by atoms with Crippen molar-refractivity contribution in [2.75, 3.05) is 36.4 Å². The number of pyridine rings is 2. The van der Waals surface area contributed by atoms with E-state index >= 15 is 4.39 Å². The summed E-state index contributed by atoms with van der Waals surface area (Å²) in [5.74, 6) is 0.616. The van der Waals surface area contributed by atoms with Crippen molar-refractivity contribution in [1.82, 2.24) is 14.5 Å². The Morgan fingerprint density at radius 3 is 2.60 bits per heavy atom. The molecule has 1 amide bonds. The molecule has 0 saturated carbocycles. The van der Waals surface area contributed by atoms with Crippen LogP contribution < -0.4 is 15.8 Å². The van der Waals surface area contributed by atoms with E-state index in [-0.39, 0.29) is 16.9 Å². The zero-order chi connectivity index (χ0) is 31.6. The SMILES string of the molecule is CCc1c(-c2cc(Nc3ccc(C4CN(CC)C4)cn3)c(=O)n(C)c2)cc(F)cc1N1CCc2c(sc3c2CC(C)(C)C3)C1=O. The van der Waals surface area contributed by atoms with Crippen LogP contribution in [0.4, 0.5) is 21.6 Å². The van der Waals surface area contributed by atoms with Crippen LogP contribution in [0.2, 0.25) is 0 Å². The highest BCUT2D eigenvalue weighted by atomic mass is 32.1. The minimum atomic E-state index is -0.413. The molecule has 0 atom stereocenters. The third-order valence-electron chi connectivity index (χ3n) is 9.77. The van der Waals surface area contributed by atoms with Gasteiger partial charge in [-0.3, -0.25) is 9.59 Å². The Morgan fingerprint density at radius 1 is 1.09 bits per heavy atom. The van der Waals surface area contributed by atoms with Gasteiger partial charge >= 0.3 is 0 Å². The fourth-order valence-corrected chi connectivity index (χ4v) is 8.90. The first kappa shape index (κ1) is 29.9. The predicted molar refractivity (Wildman–Crippen MR) is 180 cm³/mol. The number of fused-ring (bicyclic) bond motifs is 3. The summed E-state index contributed by atoms with van der Waals surface area (Å²) in [7, 11) is 1.70. The summed E-state index contributed by atoms with van der Waals surface area (Å²) in [5.41, 5.74) is 7.01. The van der Waals surface area contributed by atoms with E-state index in [1.54, 1.807) is 35.5 Å². The molecule has 45 heavy (non-hydrogen) atoms. The molecule has 1 saturated heterocycles. The van der Waals surface area contributed by atoms with E-state index in [1.165, 1.54) is 38.3 Å². The van der Waals surface area contributed by atoms with Gasteiger partial charge in [0.25, 0.3) is 11.5 Å². The molecule has 1 aliphatic carbocycles. The zero-order valence-electron chi connectivity index (χ0n) is 26.7. The standard InChI is InChI=1S/C36H40FN5O2S/c1-6-25-27(13-24(37)14-30(25)42-11-10-26-28-15-36(3,4)16-31(28)45-33(26)35(42)44)22-12-29(34(43)40(5)18-22)39-32-9-8-21(17-38-32)23-19-41(7-2)20-23/h8-9,12-14,17-18,23H,6-7,10-11,15-16,19-20H2,1-5H3,(H,38,39). The molecular weight excluding hydrogens is 585 g/mol. The Morgan fingerprint density at radius 2 is 1.89 bits per heavy atom. The number of aromatic nitrogens is 2. The highest BCUT2D eigenvalue weighted by molar-refractivity contribution is 7.14. The van der Waals surface area contributed by atoms with Crippen molar-refractivity contribution in [3.8, 4) is 11.1 Å². The number of hydrogen-bond acceptors (Lipinski definition) is 6. The lowest BCUT2D eigenvalue weighted by Gasteiger charge is -2.38. The van der Waals surface area contributed by atoms with Gasteiger partial charge in [0.1, 0.15) is 17.3 Å². The number of aryl methyl sites for hydroxylation is 1. The van der Waals surface area contributed by atoms with Crippen molar-refractivity contribution in [3.63, 3.8) is 0 Å². The number of hydrogen-bond donors (Lipinski definition) is 1. The smallest absolute Gasteiger partial charge is 0.274 e. The minimum Gasteiger partial charge on any atom is -0.336 e. The van der Waals surface area contributed by atoms with Crippen LogP contribution in [0.5, 0.6) is 0 Å². The second-order valence-corrected chi connectivity index (χ2v) is 14.7. The number of amides is 1. The Hall–Kier alpha value is -3.82. The molecule has 0 bridgehead atoms. The second kappa shape index (κ2) is 11.2. The van der Waals surface area contributed by atoms with E-state index < -0.39 is 5.82 Å². The fourth-order valence-electron chi connectivity index (χ4n) is 7.33. The average Bonchev–Trinajstić information content (AvgIpc) is 3.47. The van der Waals surface area contributed by atoms with Crippen LogP contribution in [0, 0.1) is 11.2 Å². The van der Waals surface area contributed by atoms with E-state index in [9.17, 15) is 9.59 Å². The van der Waals surface area contributed by atoms with Gasteiger partial charge in [-0.25, -0.2) is 9.37 Å². The quantitative estimate of drug-likeness (QED) is 0.248. The van der Waals surface area contributed by atoms with Crippen LogP contribution in [0.15, 0.2) is 47.5 Å². The highest BCUT2D eigenvalue weighted by Gasteiger charge is 2.38. The van der Waals surface area contributed by atoms with Crippen LogP contribution in [0.1, 0.15) is 70.4 Å². The highest BCUT2D eigenvalue weighted by Crippen LogP contribution is 2.46. The van der Waals surface area contributed by atoms with Gasteiger partial charge in [0.05, 0.1) is 10.6 Å². The number of benzene rings is 1. The number of anilines is 3. The van der Waals surface area contributed by atoms with Gasteiger partial charge in [-0.2, -0.15) is 0 Å². The van der Waals surface area contributed by atoms with Gasteiger partial charge < -0.3 is 19.7 Å². The van der Waals surface area contributed by atoms with Crippen molar-refractivity contribution in [3.05, 3.63) is 90.9 Å². The van der Waals surface area contributed by atoms with Crippen molar-refractivity contribution in [1.29, 1.82) is 0 Å². The number of thiophene rings is 1. The maximum absolute atomic E-state index is 15.4. The zero-order valence-corrected chi connectivity index (χ0v) is 27.5. The molecule has 7 rings (SSSR count). The summed E-state index contributed by atoms with van der Waals surface area (Å²) in [6.07, 6.45) is 6.99. The Balaban J connectivity index is 1.20. The van der Waals surface area contributed by atoms with Crippen molar-refractivity contribution in [2.24, 2.45) is 12.5 Å². The number of halogens is 1. The molecule has 234 valence electrons. The predicted octanol–water partition coefficient (Wildman–Crippen LogP) is 6.70. The average molecular weight is 626 g/mol. The number of likely N-dealkylation sites (N-methyl/N-ethyl adjacent to an activating group) is 1. The lowest BCUT2D eigenvalue weighted by Crippen LogP contribution is -2.44. The summed E-state index contributed by atoms with van der Waals surface area (Å²) >= 11 is 1.63. The van der Waals surface area contributed by atoms with Gasteiger partial charge in [-0.1, -0.05) is 33.8 Å². The summed E-state index contributed by atoms with van der Waals surface area (Å²) in [6.45, 7) is 12.4. The van der Waals surface area contributed by atoms with Crippen molar-refractivity contribution < 1.29 is 9.18 Å². The van der Waals surface area contributed by atoms with Crippen molar-refractivity contribution >= 4 is 34.4 Å². The Kier molecular flexibility index (Phi) is 7.44. The maximum atomic E-state index is 15.4. The topological polar surface area (TPSA) is 70.5 Å².